The third-order valence-electron chi connectivity index (χ3n) is 4.16. The summed E-state index contributed by atoms with van der Waals surface area (Å²) in [6.45, 7) is 0.241. The van der Waals surface area contributed by atoms with Gasteiger partial charge in [0.15, 0.2) is 0 Å². The number of amides is 2. The lowest BCUT2D eigenvalue weighted by Crippen LogP contribution is -2.33. The average Bonchev–Trinajstić information content (AvgIpc) is 2.55. The molecule has 24 heavy (non-hydrogen) atoms. The van der Waals surface area contributed by atoms with Gasteiger partial charge in [0.1, 0.15) is 5.69 Å². The summed E-state index contributed by atoms with van der Waals surface area (Å²) in [6.07, 6.45) is 3.95. The number of aryl methyl sites for hydroxylation is 2. The number of urea groups is 1. The third-order valence-corrected chi connectivity index (χ3v) is 4.16. The third kappa shape index (κ3) is 3.56. The van der Waals surface area contributed by atoms with Gasteiger partial charge in [-0.1, -0.05) is 6.07 Å². The Morgan fingerprint density at radius 1 is 1.21 bits per heavy atom. The largest absolute Gasteiger partial charge is 0.324 e. The van der Waals surface area contributed by atoms with Crippen LogP contribution in [0.4, 0.5) is 10.5 Å². The second kappa shape index (κ2) is 6.74. The van der Waals surface area contributed by atoms with Crippen molar-refractivity contribution >= 4 is 11.7 Å². The fourth-order valence-corrected chi connectivity index (χ4v) is 2.89. The van der Waals surface area contributed by atoms with Gasteiger partial charge in [0, 0.05) is 24.5 Å². The van der Waals surface area contributed by atoms with Gasteiger partial charge in [-0.05, 0) is 43.4 Å². The summed E-state index contributed by atoms with van der Waals surface area (Å²) in [7, 11) is 1.60. The molecule has 0 aromatic carbocycles. The second-order valence-electron chi connectivity index (χ2n) is 6.05. The molecule has 0 bridgehead atoms. The van der Waals surface area contributed by atoms with Crippen LogP contribution in [-0.4, -0.2) is 27.9 Å². The normalized spacial score (nSPS) is 13.2. The highest BCUT2D eigenvalue weighted by Crippen LogP contribution is 2.20. The molecule has 3 rings (SSSR count). The van der Waals surface area contributed by atoms with E-state index >= 15 is 0 Å². The topological polar surface area (TPSA) is 98.1 Å². The Labute approximate surface area is 138 Å². The molecule has 7 nitrogen and oxygen atoms in total. The number of carbonyl (C=O) groups is 1. The maximum absolute atomic E-state index is 12.3. The predicted octanol–water partition coefficient (Wildman–Crippen LogP) is 1.61. The molecule has 1 aliphatic rings. The maximum atomic E-state index is 12.3. The molecule has 2 heterocycles. The van der Waals surface area contributed by atoms with Crippen LogP contribution < -0.4 is 16.4 Å². The van der Waals surface area contributed by atoms with Crippen LogP contribution in [0.3, 0.4) is 0 Å². The van der Waals surface area contributed by atoms with Crippen LogP contribution in [0.2, 0.25) is 0 Å². The molecule has 0 spiro atoms. The molecule has 126 valence electrons. The Balaban J connectivity index is 1.72. The van der Waals surface area contributed by atoms with Gasteiger partial charge < -0.3 is 20.2 Å². The molecule has 2 aromatic rings. The number of carbonyl (C=O) groups excluding carboxylic acids is 1. The van der Waals surface area contributed by atoms with Gasteiger partial charge in [0.05, 0.1) is 6.54 Å². The lowest BCUT2D eigenvalue weighted by molar-refractivity contribution is 0.220. The number of pyridine rings is 2. The van der Waals surface area contributed by atoms with Crippen LogP contribution in [0.5, 0.6) is 0 Å². The lowest BCUT2D eigenvalue weighted by atomic mass is 9.96. The van der Waals surface area contributed by atoms with Crippen molar-refractivity contribution in [3.63, 3.8) is 0 Å². The van der Waals surface area contributed by atoms with Crippen molar-refractivity contribution in [2.75, 3.05) is 12.4 Å². The molecular weight excluding hydrogens is 308 g/mol. The van der Waals surface area contributed by atoms with E-state index in [1.165, 1.54) is 11.0 Å². The first-order valence-corrected chi connectivity index (χ1v) is 7.98. The minimum atomic E-state index is -0.402. The van der Waals surface area contributed by atoms with E-state index in [1.807, 2.05) is 0 Å². The van der Waals surface area contributed by atoms with Crippen molar-refractivity contribution < 1.29 is 4.79 Å². The monoisotopic (exact) mass is 328 g/mol. The van der Waals surface area contributed by atoms with E-state index in [-0.39, 0.29) is 23.4 Å². The Kier molecular flexibility index (Phi) is 4.50. The summed E-state index contributed by atoms with van der Waals surface area (Å²) in [6, 6.07) is 6.14. The van der Waals surface area contributed by atoms with E-state index in [0.29, 0.717) is 5.69 Å². The van der Waals surface area contributed by atoms with E-state index < -0.39 is 6.03 Å². The number of hydrogen-bond donors (Lipinski definition) is 3. The molecule has 2 aromatic heterocycles. The van der Waals surface area contributed by atoms with Crippen LogP contribution in [0.15, 0.2) is 33.9 Å². The fourth-order valence-electron chi connectivity index (χ4n) is 2.89. The molecule has 0 saturated heterocycles. The SMILES string of the molecule is CN(Cc1cccc(=O)[nH]1)C(=O)Nc1cc2c([nH]c1=O)CCCC2. The Morgan fingerprint density at radius 2 is 2.00 bits per heavy atom. The second-order valence-corrected chi connectivity index (χ2v) is 6.05. The molecule has 0 aliphatic heterocycles. The highest BCUT2D eigenvalue weighted by Gasteiger charge is 2.16. The summed E-state index contributed by atoms with van der Waals surface area (Å²) in [4.78, 5) is 42.6. The quantitative estimate of drug-likeness (QED) is 0.798. The van der Waals surface area contributed by atoms with Crippen molar-refractivity contribution in [3.05, 3.63) is 61.9 Å². The molecule has 0 atom stereocenters. The van der Waals surface area contributed by atoms with Crippen LogP contribution in [0.1, 0.15) is 29.8 Å². The van der Waals surface area contributed by atoms with E-state index in [9.17, 15) is 14.4 Å². The standard InChI is InChI=1S/C17H20N4O3/c1-21(10-12-6-4-8-15(22)18-12)17(24)20-14-9-11-5-2-3-7-13(11)19-16(14)23/h4,6,8-9H,2-3,5,7,10H2,1H3,(H,18,22)(H,19,23)(H,20,24). The average molecular weight is 328 g/mol. The van der Waals surface area contributed by atoms with Gasteiger partial charge in [0.2, 0.25) is 5.56 Å². The maximum Gasteiger partial charge on any atom is 0.322 e. The van der Waals surface area contributed by atoms with Crippen LogP contribution >= 0.6 is 0 Å². The molecule has 0 radical (unpaired) electrons. The predicted molar refractivity (Wildman–Crippen MR) is 91.3 cm³/mol. The molecular formula is C17H20N4O3. The van der Waals surface area contributed by atoms with Gasteiger partial charge >= 0.3 is 6.03 Å². The first-order chi connectivity index (χ1) is 11.5. The number of aromatic amines is 2. The number of anilines is 1. The summed E-state index contributed by atoms with van der Waals surface area (Å²) < 4.78 is 0. The Bertz CT molecular complexity index is 869. The van der Waals surface area contributed by atoms with Crippen LogP contribution in [0, 0.1) is 0 Å². The van der Waals surface area contributed by atoms with E-state index in [1.54, 1.807) is 25.2 Å². The van der Waals surface area contributed by atoms with Crippen molar-refractivity contribution in [1.82, 2.24) is 14.9 Å². The summed E-state index contributed by atoms with van der Waals surface area (Å²) in [5, 5.41) is 2.65. The zero-order chi connectivity index (χ0) is 17.1. The van der Waals surface area contributed by atoms with E-state index in [4.69, 9.17) is 0 Å². The van der Waals surface area contributed by atoms with Crippen LogP contribution in [-0.2, 0) is 19.4 Å². The molecule has 0 unspecified atom stereocenters. The Morgan fingerprint density at radius 3 is 2.79 bits per heavy atom. The van der Waals surface area contributed by atoms with Crippen molar-refractivity contribution in [1.29, 1.82) is 0 Å². The zero-order valence-electron chi connectivity index (χ0n) is 13.5. The number of H-pyrrole nitrogens is 2. The summed E-state index contributed by atoms with van der Waals surface area (Å²) >= 11 is 0. The number of hydrogen-bond acceptors (Lipinski definition) is 3. The fraction of sp³-hybridized carbons (Fsp3) is 0.353. The lowest BCUT2D eigenvalue weighted by Gasteiger charge is -2.19. The highest BCUT2D eigenvalue weighted by atomic mass is 16.2. The first-order valence-electron chi connectivity index (χ1n) is 7.98. The van der Waals surface area contributed by atoms with Gasteiger partial charge in [-0.2, -0.15) is 0 Å². The number of nitrogens with one attached hydrogen (secondary N) is 3. The summed E-state index contributed by atoms with van der Waals surface area (Å²) in [5.74, 6) is 0. The molecule has 0 saturated carbocycles. The summed E-state index contributed by atoms with van der Waals surface area (Å²) in [5.41, 5.74) is 2.44. The van der Waals surface area contributed by atoms with Crippen molar-refractivity contribution in [2.45, 2.75) is 32.2 Å². The van der Waals surface area contributed by atoms with Crippen molar-refractivity contribution in [3.8, 4) is 0 Å². The smallest absolute Gasteiger partial charge is 0.322 e. The van der Waals surface area contributed by atoms with Crippen molar-refractivity contribution in [2.24, 2.45) is 0 Å². The van der Waals surface area contributed by atoms with E-state index in [2.05, 4.69) is 15.3 Å². The number of nitrogens with zero attached hydrogens (tertiary/aromatic N) is 1. The van der Waals surface area contributed by atoms with Crippen LogP contribution in [0.25, 0.3) is 0 Å². The molecule has 7 heteroatoms. The Hall–Kier alpha value is -2.83. The molecule has 2 amide bonds. The minimum Gasteiger partial charge on any atom is -0.324 e. The zero-order valence-corrected chi connectivity index (χ0v) is 13.5. The number of rotatable bonds is 3. The van der Waals surface area contributed by atoms with Gasteiger partial charge in [-0.25, -0.2) is 4.79 Å². The van der Waals surface area contributed by atoms with Gasteiger partial charge in [-0.15, -0.1) is 0 Å². The molecule has 0 fully saturated rings. The highest BCUT2D eigenvalue weighted by molar-refractivity contribution is 5.89. The molecule has 1 aliphatic carbocycles. The first kappa shape index (κ1) is 16.0. The van der Waals surface area contributed by atoms with E-state index in [0.717, 1.165) is 36.9 Å². The number of aromatic nitrogens is 2. The minimum absolute atomic E-state index is 0.215. The number of fused-ring (bicyclic) bond motifs is 1. The van der Waals surface area contributed by atoms with Gasteiger partial charge in [-0.3, -0.25) is 9.59 Å². The van der Waals surface area contributed by atoms with Gasteiger partial charge in [0.25, 0.3) is 5.56 Å². The molecule has 3 N–H and O–H groups in total.